The largest absolute Gasteiger partial charge is 0.454 e. The minimum Gasteiger partial charge on any atom is -0.454 e. The molecule has 1 aliphatic rings. The highest BCUT2D eigenvalue weighted by atomic mass is 16.7. The molecule has 2 N–H and O–H groups in total. The molecule has 0 atom stereocenters. The monoisotopic (exact) mass is 350 g/mol. The zero-order valence-electron chi connectivity index (χ0n) is 14.4. The van der Waals surface area contributed by atoms with E-state index >= 15 is 0 Å². The normalized spacial score (nSPS) is 13.0. The fourth-order valence-electron chi connectivity index (χ4n) is 2.74. The van der Waals surface area contributed by atoms with E-state index in [4.69, 9.17) is 9.47 Å². The van der Waals surface area contributed by atoms with Crippen molar-refractivity contribution < 1.29 is 9.47 Å². The van der Waals surface area contributed by atoms with E-state index in [1.807, 2.05) is 30.3 Å². The topological polar surface area (TPSA) is 91.8 Å². The highest BCUT2D eigenvalue weighted by Crippen LogP contribution is 2.37. The van der Waals surface area contributed by atoms with E-state index in [0.29, 0.717) is 28.8 Å². The van der Waals surface area contributed by atoms with Gasteiger partial charge in [-0.25, -0.2) is 0 Å². The van der Waals surface area contributed by atoms with Crippen LogP contribution in [0, 0.1) is 0 Å². The van der Waals surface area contributed by atoms with Crippen molar-refractivity contribution in [3.05, 3.63) is 58.4 Å². The minimum atomic E-state index is -0.333. The van der Waals surface area contributed by atoms with Crippen LogP contribution in [0.4, 0.5) is 11.4 Å². The highest BCUT2D eigenvalue weighted by molar-refractivity contribution is 5.73. The lowest BCUT2D eigenvalue weighted by Gasteiger charge is -2.04. The summed E-state index contributed by atoms with van der Waals surface area (Å²) in [6.07, 6.45) is 0. The first-order valence-electron chi connectivity index (χ1n) is 8.34. The van der Waals surface area contributed by atoms with E-state index < -0.39 is 0 Å². The molecule has 0 radical (unpaired) electrons. The van der Waals surface area contributed by atoms with Crippen molar-refractivity contribution in [2.75, 3.05) is 6.79 Å². The van der Waals surface area contributed by atoms with Gasteiger partial charge in [-0.1, -0.05) is 26.0 Å². The zero-order valence-corrected chi connectivity index (χ0v) is 14.4. The number of fused-ring (bicyclic) bond motifs is 1. The summed E-state index contributed by atoms with van der Waals surface area (Å²) < 4.78 is 10.7. The highest BCUT2D eigenvalue weighted by Gasteiger charge is 2.17. The predicted octanol–water partition coefficient (Wildman–Crippen LogP) is 4.64. The van der Waals surface area contributed by atoms with Crippen LogP contribution in [0.1, 0.15) is 25.3 Å². The van der Waals surface area contributed by atoms with Gasteiger partial charge in [0.2, 0.25) is 6.79 Å². The average molecular weight is 350 g/mol. The Labute approximate surface area is 149 Å². The predicted molar refractivity (Wildman–Crippen MR) is 97.7 cm³/mol. The quantitative estimate of drug-likeness (QED) is 0.672. The van der Waals surface area contributed by atoms with Crippen molar-refractivity contribution in [2.24, 2.45) is 10.2 Å². The molecular weight excluding hydrogens is 332 g/mol. The molecule has 132 valence electrons. The molecule has 0 fully saturated rings. The van der Waals surface area contributed by atoms with Crippen LogP contribution in [-0.2, 0) is 0 Å². The van der Waals surface area contributed by atoms with Crippen LogP contribution in [0.2, 0.25) is 0 Å². The number of nitrogens with zero attached hydrogens (tertiary/aromatic N) is 2. The number of azo groups is 1. The summed E-state index contributed by atoms with van der Waals surface area (Å²) in [7, 11) is 0. The van der Waals surface area contributed by atoms with Crippen molar-refractivity contribution >= 4 is 11.4 Å². The van der Waals surface area contributed by atoms with Crippen LogP contribution < -0.4 is 15.0 Å². The van der Waals surface area contributed by atoms with Crippen molar-refractivity contribution in [1.29, 1.82) is 0 Å². The Morgan fingerprint density at radius 2 is 1.73 bits per heavy atom. The second-order valence-electron chi connectivity index (χ2n) is 6.32. The third-order valence-electron chi connectivity index (χ3n) is 4.24. The van der Waals surface area contributed by atoms with Crippen molar-refractivity contribution in [2.45, 2.75) is 19.8 Å². The first-order valence-corrected chi connectivity index (χ1v) is 8.34. The van der Waals surface area contributed by atoms with E-state index in [9.17, 15) is 4.79 Å². The SMILES string of the molecule is CC(C)c1ccc(N=Nc2c(-c3ccc4c(c3)OCO4)[nH][nH]c2=O)cc1. The molecule has 0 aliphatic carbocycles. The van der Waals surface area contributed by atoms with Gasteiger partial charge in [-0.2, -0.15) is 5.11 Å². The van der Waals surface area contributed by atoms with Gasteiger partial charge in [-0.05, 0) is 41.8 Å². The fourth-order valence-corrected chi connectivity index (χ4v) is 2.74. The van der Waals surface area contributed by atoms with E-state index in [1.165, 1.54) is 5.56 Å². The summed E-state index contributed by atoms with van der Waals surface area (Å²) in [5, 5.41) is 13.8. The average Bonchev–Trinajstić information content (AvgIpc) is 3.26. The number of rotatable bonds is 4. The van der Waals surface area contributed by atoms with Crippen LogP contribution >= 0.6 is 0 Å². The van der Waals surface area contributed by atoms with Gasteiger partial charge < -0.3 is 9.47 Å². The molecule has 1 aliphatic heterocycles. The Morgan fingerprint density at radius 3 is 2.50 bits per heavy atom. The smallest absolute Gasteiger partial charge is 0.292 e. The molecule has 0 bridgehead atoms. The maximum Gasteiger partial charge on any atom is 0.292 e. The Kier molecular flexibility index (Phi) is 4.04. The number of aromatic nitrogens is 2. The van der Waals surface area contributed by atoms with Gasteiger partial charge in [-0.3, -0.25) is 15.0 Å². The molecule has 7 heteroatoms. The van der Waals surface area contributed by atoms with E-state index in [2.05, 4.69) is 34.3 Å². The third-order valence-corrected chi connectivity index (χ3v) is 4.24. The maximum absolute atomic E-state index is 12.1. The molecule has 0 saturated heterocycles. The Balaban J connectivity index is 1.65. The van der Waals surface area contributed by atoms with Crippen LogP contribution in [0.5, 0.6) is 11.5 Å². The van der Waals surface area contributed by atoms with E-state index in [1.54, 1.807) is 12.1 Å². The molecule has 0 amide bonds. The van der Waals surface area contributed by atoms with Gasteiger partial charge in [0.15, 0.2) is 17.2 Å². The summed E-state index contributed by atoms with van der Waals surface area (Å²) >= 11 is 0. The van der Waals surface area contributed by atoms with Crippen LogP contribution in [0.15, 0.2) is 57.5 Å². The number of hydrogen-bond acceptors (Lipinski definition) is 5. The van der Waals surface area contributed by atoms with Crippen LogP contribution in [-0.4, -0.2) is 17.0 Å². The summed E-state index contributed by atoms with van der Waals surface area (Å²) in [6, 6.07) is 13.2. The van der Waals surface area contributed by atoms with E-state index in [-0.39, 0.29) is 18.0 Å². The molecule has 0 spiro atoms. The molecule has 0 unspecified atom stereocenters. The Hall–Kier alpha value is -3.35. The number of ether oxygens (including phenoxy) is 2. The summed E-state index contributed by atoms with van der Waals surface area (Å²) in [6.45, 7) is 4.46. The molecule has 2 aromatic carbocycles. The van der Waals surface area contributed by atoms with Gasteiger partial charge in [0.05, 0.1) is 11.4 Å². The van der Waals surface area contributed by atoms with Gasteiger partial charge in [0.1, 0.15) is 0 Å². The fraction of sp³-hybridized carbons (Fsp3) is 0.211. The van der Waals surface area contributed by atoms with Crippen LogP contribution in [0.3, 0.4) is 0 Å². The number of hydrogen-bond donors (Lipinski definition) is 2. The lowest BCUT2D eigenvalue weighted by atomic mass is 10.0. The molecule has 0 saturated carbocycles. The lowest BCUT2D eigenvalue weighted by molar-refractivity contribution is 0.174. The number of aromatic amines is 2. The lowest BCUT2D eigenvalue weighted by Crippen LogP contribution is -1.96. The first kappa shape index (κ1) is 16.1. The third kappa shape index (κ3) is 2.99. The second-order valence-corrected chi connectivity index (χ2v) is 6.32. The van der Waals surface area contributed by atoms with Gasteiger partial charge in [-0.15, -0.1) is 5.11 Å². The maximum atomic E-state index is 12.1. The van der Waals surface area contributed by atoms with Crippen molar-refractivity contribution in [3.63, 3.8) is 0 Å². The second kappa shape index (κ2) is 6.51. The van der Waals surface area contributed by atoms with Gasteiger partial charge in [0, 0.05) is 5.56 Å². The molecule has 7 nitrogen and oxygen atoms in total. The number of nitrogens with one attached hydrogen (secondary N) is 2. The zero-order chi connectivity index (χ0) is 18.1. The Morgan fingerprint density at radius 1 is 0.962 bits per heavy atom. The molecule has 26 heavy (non-hydrogen) atoms. The molecule has 1 aromatic heterocycles. The van der Waals surface area contributed by atoms with Gasteiger partial charge in [0.25, 0.3) is 5.56 Å². The molecule has 2 heterocycles. The summed E-state index contributed by atoms with van der Waals surface area (Å²) in [5.41, 5.74) is 3.11. The summed E-state index contributed by atoms with van der Waals surface area (Å²) in [5.74, 6) is 1.77. The van der Waals surface area contributed by atoms with Crippen LogP contribution in [0.25, 0.3) is 11.3 Å². The molecule has 4 rings (SSSR count). The van der Waals surface area contributed by atoms with Crippen molar-refractivity contribution in [1.82, 2.24) is 10.2 Å². The summed E-state index contributed by atoms with van der Waals surface area (Å²) in [4.78, 5) is 12.1. The molecular formula is C19H18N4O3. The van der Waals surface area contributed by atoms with Gasteiger partial charge >= 0.3 is 0 Å². The number of benzene rings is 2. The Bertz CT molecular complexity index is 1020. The van der Waals surface area contributed by atoms with E-state index in [0.717, 1.165) is 5.56 Å². The molecule has 3 aromatic rings. The standard InChI is InChI=1S/C19H18N4O3/c1-11(2)12-3-6-14(7-4-12)20-22-18-17(21-23-19(18)24)13-5-8-15-16(9-13)26-10-25-15/h3-9,11H,10H2,1-2H3,(H2,21,23,24). The first-order chi connectivity index (χ1) is 12.6. The van der Waals surface area contributed by atoms with Crippen molar-refractivity contribution in [3.8, 4) is 22.8 Å². The number of H-pyrrole nitrogens is 2. The minimum absolute atomic E-state index is 0.196.